The van der Waals surface area contributed by atoms with Crippen molar-refractivity contribution >= 4 is 23.6 Å². The molecule has 0 radical (unpaired) electrons. The molecule has 2 N–H and O–H groups in total. The van der Waals surface area contributed by atoms with Crippen LogP contribution in [0.5, 0.6) is 0 Å². The van der Waals surface area contributed by atoms with Crippen LogP contribution in [0, 0.1) is 0 Å². The number of nitrogens with zero attached hydrogens (tertiary/aromatic N) is 2. The number of hydrogen-bond donors (Lipinski definition) is 2. The maximum atomic E-state index is 12.4. The molecule has 3 aromatic rings. The maximum absolute atomic E-state index is 12.4. The van der Waals surface area contributed by atoms with Crippen LogP contribution in [0.2, 0.25) is 0 Å². The third-order valence-electron chi connectivity index (χ3n) is 4.25. The Hall–Kier alpha value is -3.98. The van der Waals surface area contributed by atoms with Crippen molar-refractivity contribution in [1.29, 1.82) is 0 Å². The van der Waals surface area contributed by atoms with E-state index in [2.05, 4.69) is 15.6 Å². The molecule has 3 rings (SSSR count). The van der Waals surface area contributed by atoms with Gasteiger partial charge in [-0.2, -0.15) is 0 Å². The minimum Gasteiger partial charge on any atom is -0.460 e. The molecule has 0 fully saturated rings. The highest BCUT2D eigenvalue weighted by Gasteiger charge is 2.20. The highest BCUT2D eigenvalue weighted by atomic mass is 16.6. The maximum Gasteiger partial charge on any atom is 0.338 e. The second kappa shape index (κ2) is 10.7. The van der Waals surface area contributed by atoms with Crippen molar-refractivity contribution in [2.75, 3.05) is 25.6 Å². The number of esters is 1. The van der Waals surface area contributed by atoms with E-state index in [1.807, 2.05) is 6.07 Å². The molecule has 9 heteroatoms. The molecular formula is C22H22N4O5. The van der Waals surface area contributed by atoms with Gasteiger partial charge in [-0.3, -0.25) is 9.59 Å². The van der Waals surface area contributed by atoms with Gasteiger partial charge in [-0.05, 0) is 24.3 Å². The Kier molecular flexibility index (Phi) is 7.50. The monoisotopic (exact) mass is 422 g/mol. The van der Waals surface area contributed by atoms with Crippen LogP contribution in [0.1, 0.15) is 31.2 Å². The zero-order valence-corrected chi connectivity index (χ0v) is 16.9. The SMILES string of the molecule is CNC(=O)c1c(NC(=O)c2ccccc2)ncn1COCCOC(=O)c1ccccc1. The standard InChI is InChI=1S/C22H22N4O5/c1-23-21(28)18-19(25-20(27)16-8-4-2-5-9-16)24-14-26(18)15-30-12-13-31-22(29)17-10-6-3-7-11-17/h2-11,14H,12-13,15H2,1H3,(H,23,28)(H,25,27). The first-order valence-electron chi connectivity index (χ1n) is 9.53. The predicted molar refractivity (Wildman–Crippen MR) is 113 cm³/mol. The van der Waals surface area contributed by atoms with Crippen LogP contribution in [-0.4, -0.2) is 47.6 Å². The third kappa shape index (κ3) is 5.77. The van der Waals surface area contributed by atoms with E-state index in [-0.39, 0.29) is 37.4 Å². The number of imidazole rings is 1. The average molecular weight is 422 g/mol. The van der Waals surface area contributed by atoms with Crippen molar-refractivity contribution in [2.24, 2.45) is 0 Å². The molecule has 0 unspecified atom stereocenters. The first-order valence-corrected chi connectivity index (χ1v) is 9.53. The molecule has 1 aromatic heterocycles. The zero-order valence-electron chi connectivity index (χ0n) is 16.9. The average Bonchev–Trinajstić information content (AvgIpc) is 3.21. The minimum absolute atomic E-state index is 0.0140. The van der Waals surface area contributed by atoms with Crippen LogP contribution >= 0.6 is 0 Å². The molecule has 31 heavy (non-hydrogen) atoms. The Morgan fingerprint density at radius 2 is 1.55 bits per heavy atom. The summed E-state index contributed by atoms with van der Waals surface area (Å²) < 4.78 is 12.1. The highest BCUT2D eigenvalue weighted by molar-refractivity contribution is 6.07. The van der Waals surface area contributed by atoms with E-state index in [1.54, 1.807) is 54.6 Å². The van der Waals surface area contributed by atoms with Gasteiger partial charge in [0.2, 0.25) is 0 Å². The summed E-state index contributed by atoms with van der Waals surface area (Å²) in [6.45, 7) is 0.158. The van der Waals surface area contributed by atoms with Crippen LogP contribution in [0.4, 0.5) is 5.82 Å². The highest BCUT2D eigenvalue weighted by Crippen LogP contribution is 2.15. The minimum atomic E-state index is -0.441. The molecule has 2 amide bonds. The van der Waals surface area contributed by atoms with Gasteiger partial charge in [-0.1, -0.05) is 36.4 Å². The summed E-state index contributed by atoms with van der Waals surface area (Å²) in [7, 11) is 1.48. The molecule has 0 aliphatic carbocycles. The molecule has 0 aliphatic rings. The van der Waals surface area contributed by atoms with E-state index in [4.69, 9.17) is 9.47 Å². The van der Waals surface area contributed by atoms with Crippen LogP contribution in [-0.2, 0) is 16.2 Å². The molecule has 9 nitrogen and oxygen atoms in total. The fourth-order valence-corrected chi connectivity index (χ4v) is 2.71. The Morgan fingerprint density at radius 3 is 2.19 bits per heavy atom. The van der Waals surface area contributed by atoms with E-state index in [0.29, 0.717) is 11.1 Å². The van der Waals surface area contributed by atoms with Gasteiger partial charge in [0.05, 0.1) is 18.5 Å². The molecule has 1 heterocycles. The van der Waals surface area contributed by atoms with E-state index in [9.17, 15) is 14.4 Å². The number of hydrogen-bond acceptors (Lipinski definition) is 6. The number of ether oxygens (including phenoxy) is 2. The van der Waals surface area contributed by atoms with Gasteiger partial charge in [0.25, 0.3) is 11.8 Å². The second-order valence-electron chi connectivity index (χ2n) is 6.35. The van der Waals surface area contributed by atoms with Crippen molar-refractivity contribution in [2.45, 2.75) is 6.73 Å². The lowest BCUT2D eigenvalue weighted by Crippen LogP contribution is -2.25. The Labute approximate surface area is 179 Å². The largest absolute Gasteiger partial charge is 0.460 e. The molecule has 0 saturated carbocycles. The van der Waals surface area contributed by atoms with E-state index in [1.165, 1.54) is 17.9 Å². The van der Waals surface area contributed by atoms with Gasteiger partial charge in [0, 0.05) is 12.6 Å². The number of aromatic nitrogens is 2. The van der Waals surface area contributed by atoms with Crippen molar-refractivity contribution < 1.29 is 23.9 Å². The molecule has 0 saturated heterocycles. The van der Waals surface area contributed by atoms with Gasteiger partial charge in [-0.15, -0.1) is 0 Å². The van der Waals surface area contributed by atoms with Crippen LogP contribution in [0.25, 0.3) is 0 Å². The predicted octanol–water partition coefficient (Wildman–Crippen LogP) is 2.33. The van der Waals surface area contributed by atoms with Crippen LogP contribution in [0.3, 0.4) is 0 Å². The fraction of sp³-hybridized carbons (Fsp3) is 0.182. The second-order valence-corrected chi connectivity index (χ2v) is 6.35. The number of carbonyl (C=O) groups is 3. The molecule has 0 aliphatic heterocycles. The summed E-state index contributed by atoms with van der Waals surface area (Å²) in [6, 6.07) is 17.2. The lowest BCUT2D eigenvalue weighted by Gasteiger charge is -2.10. The smallest absolute Gasteiger partial charge is 0.338 e. The lowest BCUT2D eigenvalue weighted by atomic mass is 10.2. The zero-order chi connectivity index (χ0) is 22.1. The molecule has 0 spiro atoms. The number of carbonyl (C=O) groups excluding carboxylic acids is 3. The third-order valence-corrected chi connectivity index (χ3v) is 4.25. The molecule has 0 atom stereocenters. The van der Waals surface area contributed by atoms with Crippen molar-refractivity contribution in [3.8, 4) is 0 Å². The van der Waals surface area contributed by atoms with E-state index >= 15 is 0 Å². The lowest BCUT2D eigenvalue weighted by molar-refractivity contribution is 0.0169. The van der Waals surface area contributed by atoms with Crippen molar-refractivity contribution in [1.82, 2.24) is 14.9 Å². The summed E-state index contributed by atoms with van der Waals surface area (Å²) in [5, 5.41) is 5.16. The van der Waals surface area contributed by atoms with E-state index in [0.717, 1.165) is 0 Å². The Bertz CT molecular complexity index is 1030. The quantitative estimate of drug-likeness (QED) is 0.404. The summed E-state index contributed by atoms with van der Waals surface area (Å²) in [4.78, 5) is 40.7. The number of rotatable bonds is 9. The summed E-state index contributed by atoms with van der Waals surface area (Å²) >= 11 is 0. The van der Waals surface area contributed by atoms with Gasteiger partial charge < -0.3 is 24.7 Å². The summed E-state index contributed by atoms with van der Waals surface area (Å²) in [5.74, 6) is -1.14. The van der Waals surface area contributed by atoms with Gasteiger partial charge in [-0.25, -0.2) is 9.78 Å². The number of anilines is 1. The Balaban J connectivity index is 1.56. The first kappa shape index (κ1) is 21.7. The first-order chi connectivity index (χ1) is 15.1. The molecular weight excluding hydrogens is 400 g/mol. The summed E-state index contributed by atoms with van der Waals surface area (Å²) in [5.41, 5.74) is 1.04. The van der Waals surface area contributed by atoms with Gasteiger partial charge in [0.15, 0.2) is 11.5 Å². The van der Waals surface area contributed by atoms with Crippen LogP contribution in [0.15, 0.2) is 67.0 Å². The van der Waals surface area contributed by atoms with Crippen LogP contribution < -0.4 is 10.6 Å². The topological polar surface area (TPSA) is 112 Å². The van der Waals surface area contributed by atoms with E-state index < -0.39 is 11.9 Å². The normalized spacial score (nSPS) is 10.4. The number of amides is 2. The number of benzene rings is 2. The van der Waals surface area contributed by atoms with Crippen molar-refractivity contribution in [3.63, 3.8) is 0 Å². The number of nitrogens with one attached hydrogen (secondary N) is 2. The van der Waals surface area contributed by atoms with Gasteiger partial charge >= 0.3 is 5.97 Å². The van der Waals surface area contributed by atoms with Crippen molar-refractivity contribution in [3.05, 3.63) is 83.8 Å². The summed E-state index contributed by atoms with van der Waals surface area (Å²) in [6.07, 6.45) is 1.39. The van der Waals surface area contributed by atoms with Gasteiger partial charge in [0.1, 0.15) is 13.3 Å². The molecule has 2 aromatic carbocycles. The molecule has 0 bridgehead atoms. The fourth-order valence-electron chi connectivity index (χ4n) is 2.71. The Morgan fingerprint density at radius 1 is 0.903 bits per heavy atom. The molecule has 160 valence electrons.